The monoisotopic (exact) mass is 559 g/mol. The van der Waals surface area contributed by atoms with Crippen molar-refractivity contribution in [3.05, 3.63) is 95.3 Å². The van der Waals surface area contributed by atoms with Crippen molar-refractivity contribution in [1.29, 1.82) is 0 Å². The van der Waals surface area contributed by atoms with Gasteiger partial charge in [-0.25, -0.2) is 12.8 Å². The average molecular weight is 560 g/mol. The lowest BCUT2D eigenvalue weighted by Gasteiger charge is -2.32. The minimum Gasteiger partial charge on any atom is -0.354 e. The van der Waals surface area contributed by atoms with Gasteiger partial charge in [0.05, 0.1) is 10.6 Å². The molecule has 0 bridgehead atoms. The summed E-state index contributed by atoms with van der Waals surface area (Å²) in [6.07, 6.45) is 0. The second-order valence-corrected chi connectivity index (χ2v) is 11.5. The van der Waals surface area contributed by atoms with E-state index in [1.165, 1.54) is 54.3 Å². The van der Waals surface area contributed by atoms with Gasteiger partial charge in [-0.15, -0.1) is 0 Å². The van der Waals surface area contributed by atoms with E-state index in [4.69, 9.17) is 11.6 Å². The van der Waals surface area contributed by atoms with Crippen LogP contribution in [0.1, 0.15) is 26.3 Å². The number of sulfonamides is 1. The average Bonchev–Trinajstić information content (AvgIpc) is 2.90. The molecule has 0 aromatic heterocycles. The van der Waals surface area contributed by atoms with Crippen LogP contribution in [-0.4, -0.2) is 44.3 Å². The third-order valence-electron chi connectivity index (χ3n) is 5.88. The Kier molecular flexibility index (Phi) is 9.88. The number of rotatable bonds is 11. The van der Waals surface area contributed by atoms with Crippen LogP contribution in [0.15, 0.2) is 83.8 Å². The molecule has 0 fully saturated rings. The smallest absolute Gasteiger partial charge is 0.264 e. The number of hydrogen-bond donors (Lipinski definition) is 1. The number of hydrogen-bond acceptors (Lipinski definition) is 4. The lowest BCUT2D eigenvalue weighted by Crippen LogP contribution is -2.51. The fraction of sp³-hybridized carbons (Fsp3) is 0.286. The van der Waals surface area contributed by atoms with Crippen molar-refractivity contribution in [3.8, 4) is 0 Å². The highest BCUT2D eigenvalue weighted by atomic mass is 35.5. The van der Waals surface area contributed by atoms with Crippen molar-refractivity contribution in [2.45, 2.75) is 38.3 Å². The van der Waals surface area contributed by atoms with Gasteiger partial charge in [-0.2, -0.15) is 0 Å². The number of amides is 2. The zero-order valence-corrected chi connectivity index (χ0v) is 23.0. The molecule has 0 saturated heterocycles. The van der Waals surface area contributed by atoms with Crippen molar-refractivity contribution in [3.63, 3.8) is 0 Å². The zero-order chi connectivity index (χ0) is 27.9. The molecule has 0 aliphatic rings. The Labute approximate surface area is 228 Å². The summed E-state index contributed by atoms with van der Waals surface area (Å²) in [5.74, 6) is -1.44. The van der Waals surface area contributed by atoms with Gasteiger partial charge in [0.2, 0.25) is 11.8 Å². The summed E-state index contributed by atoms with van der Waals surface area (Å²) >= 11 is 5.95. The summed E-state index contributed by atoms with van der Waals surface area (Å²) in [6, 6.07) is 18.8. The van der Waals surface area contributed by atoms with Gasteiger partial charge < -0.3 is 10.2 Å². The summed E-state index contributed by atoms with van der Waals surface area (Å²) in [5.41, 5.74) is 0.467. The summed E-state index contributed by atoms with van der Waals surface area (Å²) in [7, 11) is -4.20. The Bertz CT molecular complexity index is 1350. The summed E-state index contributed by atoms with van der Waals surface area (Å²) < 4.78 is 42.9. The van der Waals surface area contributed by atoms with Crippen LogP contribution in [0.3, 0.4) is 0 Å². The van der Waals surface area contributed by atoms with Crippen molar-refractivity contribution < 1.29 is 22.4 Å². The van der Waals surface area contributed by atoms with Crippen LogP contribution in [0.5, 0.6) is 0 Å². The third-order valence-corrected chi connectivity index (χ3v) is 7.92. The van der Waals surface area contributed by atoms with Gasteiger partial charge in [0.1, 0.15) is 18.4 Å². The lowest BCUT2D eigenvalue weighted by molar-refractivity contribution is -0.139. The molecule has 0 aliphatic carbocycles. The predicted molar refractivity (Wildman–Crippen MR) is 147 cm³/mol. The van der Waals surface area contributed by atoms with Crippen molar-refractivity contribution in [2.24, 2.45) is 5.92 Å². The standard InChI is InChI=1S/C28H31ClFN3O4S/c1-20(2)17-31-28(35)21(3)32(18-22-9-7-8-12-26(22)30)27(34)19-33(24-10-5-4-6-11-24)38(36,37)25-15-13-23(29)14-16-25/h4-16,20-21H,17-19H2,1-3H3,(H,31,35). The van der Waals surface area contributed by atoms with E-state index in [-0.39, 0.29) is 28.6 Å². The molecule has 202 valence electrons. The van der Waals surface area contributed by atoms with Crippen LogP contribution >= 0.6 is 11.6 Å². The molecule has 38 heavy (non-hydrogen) atoms. The maximum absolute atomic E-state index is 14.5. The molecular formula is C28H31ClFN3O4S. The van der Waals surface area contributed by atoms with E-state index in [1.807, 2.05) is 13.8 Å². The molecule has 0 heterocycles. The number of anilines is 1. The molecule has 1 N–H and O–H groups in total. The molecule has 10 heteroatoms. The number of halogens is 2. The molecule has 0 radical (unpaired) electrons. The Hall–Kier alpha value is -3.43. The first-order chi connectivity index (χ1) is 18.0. The number of nitrogens with one attached hydrogen (secondary N) is 1. The second kappa shape index (κ2) is 12.9. The number of carbonyl (C=O) groups excluding carboxylic acids is 2. The molecule has 0 spiro atoms. The van der Waals surface area contributed by atoms with Crippen molar-refractivity contribution >= 4 is 39.1 Å². The van der Waals surface area contributed by atoms with E-state index in [1.54, 1.807) is 36.4 Å². The quantitative estimate of drug-likeness (QED) is 0.363. The van der Waals surface area contributed by atoms with Crippen LogP contribution in [-0.2, 0) is 26.2 Å². The fourth-order valence-electron chi connectivity index (χ4n) is 3.70. The summed E-state index contributed by atoms with van der Waals surface area (Å²) in [4.78, 5) is 27.8. The van der Waals surface area contributed by atoms with Crippen LogP contribution in [0, 0.1) is 11.7 Å². The van der Waals surface area contributed by atoms with E-state index >= 15 is 0 Å². The molecule has 1 unspecified atom stereocenters. The van der Waals surface area contributed by atoms with Gasteiger partial charge in [-0.3, -0.25) is 13.9 Å². The van der Waals surface area contributed by atoms with Crippen LogP contribution in [0.2, 0.25) is 5.02 Å². The van der Waals surface area contributed by atoms with Crippen LogP contribution in [0.25, 0.3) is 0 Å². The van der Waals surface area contributed by atoms with E-state index in [0.717, 1.165) is 4.31 Å². The maximum atomic E-state index is 14.5. The first kappa shape index (κ1) is 29.1. The fourth-order valence-corrected chi connectivity index (χ4v) is 5.24. The van der Waals surface area contributed by atoms with Crippen molar-refractivity contribution in [1.82, 2.24) is 10.2 Å². The predicted octanol–water partition coefficient (Wildman–Crippen LogP) is 4.86. The molecule has 7 nitrogen and oxygen atoms in total. The van der Waals surface area contributed by atoms with Gasteiger partial charge in [0, 0.05) is 23.7 Å². The number of benzene rings is 3. The molecule has 2 amide bonds. The summed E-state index contributed by atoms with van der Waals surface area (Å²) in [6.45, 7) is 4.98. The first-order valence-electron chi connectivity index (χ1n) is 12.1. The molecule has 3 aromatic rings. The second-order valence-electron chi connectivity index (χ2n) is 9.23. The Morgan fingerprint density at radius 1 is 0.921 bits per heavy atom. The molecule has 0 saturated carbocycles. The number of para-hydroxylation sites is 1. The highest BCUT2D eigenvalue weighted by molar-refractivity contribution is 7.92. The third kappa shape index (κ3) is 7.33. The summed E-state index contributed by atoms with van der Waals surface area (Å²) in [5, 5.41) is 3.16. The van der Waals surface area contributed by atoms with Crippen LogP contribution in [0.4, 0.5) is 10.1 Å². The van der Waals surface area contributed by atoms with Gasteiger partial charge in [-0.1, -0.05) is 61.8 Å². The molecule has 3 aromatic carbocycles. The minimum atomic E-state index is -4.20. The minimum absolute atomic E-state index is 0.0538. The largest absolute Gasteiger partial charge is 0.354 e. The first-order valence-corrected chi connectivity index (χ1v) is 14.0. The topological polar surface area (TPSA) is 86.8 Å². The Morgan fingerprint density at radius 2 is 1.53 bits per heavy atom. The molecule has 1 atom stereocenters. The maximum Gasteiger partial charge on any atom is 0.264 e. The SMILES string of the molecule is CC(C)CNC(=O)C(C)N(Cc1ccccc1F)C(=O)CN(c1ccccc1)S(=O)(=O)c1ccc(Cl)cc1. The number of nitrogens with zero attached hydrogens (tertiary/aromatic N) is 2. The van der Waals surface area contributed by atoms with Crippen molar-refractivity contribution in [2.75, 3.05) is 17.4 Å². The highest BCUT2D eigenvalue weighted by Crippen LogP contribution is 2.25. The molecule has 3 rings (SSSR count). The Morgan fingerprint density at radius 3 is 2.13 bits per heavy atom. The molecule has 0 aliphatic heterocycles. The van der Waals surface area contributed by atoms with E-state index in [2.05, 4.69) is 5.32 Å². The van der Waals surface area contributed by atoms with Gasteiger partial charge in [0.25, 0.3) is 10.0 Å². The normalized spacial score (nSPS) is 12.2. The molecular weight excluding hydrogens is 529 g/mol. The number of carbonyl (C=O) groups is 2. The van der Waals surface area contributed by atoms with Gasteiger partial charge in [0.15, 0.2) is 0 Å². The van der Waals surface area contributed by atoms with Crippen LogP contribution < -0.4 is 9.62 Å². The van der Waals surface area contributed by atoms with E-state index in [9.17, 15) is 22.4 Å². The zero-order valence-electron chi connectivity index (χ0n) is 21.5. The highest BCUT2D eigenvalue weighted by Gasteiger charge is 2.32. The van der Waals surface area contributed by atoms with E-state index < -0.39 is 40.2 Å². The van der Waals surface area contributed by atoms with Gasteiger partial charge >= 0.3 is 0 Å². The van der Waals surface area contributed by atoms with E-state index in [0.29, 0.717) is 11.6 Å². The van der Waals surface area contributed by atoms with Gasteiger partial charge in [-0.05, 0) is 55.3 Å². The lowest BCUT2D eigenvalue weighted by atomic mass is 10.1. The Balaban J connectivity index is 1.99.